The standard InChI is InChI=1S/C20H24FN5O4S/c1-6-30-19(27)13-10-22-18-16(31(28,29)25-20(3,4)5)11-23-26(18)17(13)24-15-9-12(2)7-8-14(15)21/h7-11,24-25H,6H2,1-5H3. The molecule has 0 amide bonds. The molecule has 2 heterocycles. The first-order valence-electron chi connectivity index (χ1n) is 9.54. The minimum atomic E-state index is -3.96. The van der Waals surface area contributed by atoms with E-state index < -0.39 is 27.3 Å². The number of anilines is 2. The van der Waals surface area contributed by atoms with Crippen LogP contribution in [0.4, 0.5) is 15.9 Å². The maximum Gasteiger partial charge on any atom is 0.343 e. The van der Waals surface area contributed by atoms with E-state index in [2.05, 4.69) is 20.1 Å². The summed E-state index contributed by atoms with van der Waals surface area (Å²) in [6.07, 6.45) is 2.31. The number of carbonyl (C=O) groups excluding carboxylic acids is 1. The van der Waals surface area contributed by atoms with Gasteiger partial charge in [-0.2, -0.15) is 9.61 Å². The predicted octanol–water partition coefficient (Wildman–Crippen LogP) is 3.17. The summed E-state index contributed by atoms with van der Waals surface area (Å²) in [7, 11) is -3.96. The highest BCUT2D eigenvalue weighted by atomic mass is 32.2. The molecule has 0 aliphatic heterocycles. The molecule has 0 saturated carbocycles. The predicted molar refractivity (Wildman–Crippen MR) is 113 cm³/mol. The van der Waals surface area contributed by atoms with E-state index in [1.165, 1.54) is 12.3 Å². The van der Waals surface area contributed by atoms with Crippen LogP contribution in [0.5, 0.6) is 0 Å². The molecule has 9 nitrogen and oxygen atoms in total. The zero-order valence-corrected chi connectivity index (χ0v) is 18.7. The molecule has 11 heteroatoms. The number of esters is 1. The molecule has 0 aliphatic rings. The van der Waals surface area contributed by atoms with Crippen molar-refractivity contribution in [1.82, 2.24) is 19.3 Å². The van der Waals surface area contributed by atoms with Crippen LogP contribution in [0.3, 0.4) is 0 Å². The summed E-state index contributed by atoms with van der Waals surface area (Å²) in [6, 6.07) is 4.44. The van der Waals surface area contributed by atoms with Gasteiger partial charge in [-0.05, 0) is 52.3 Å². The van der Waals surface area contributed by atoms with Gasteiger partial charge in [0.1, 0.15) is 16.3 Å². The van der Waals surface area contributed by atoms with Gasteiger partial charge in [0.2, 0.25) is 10.0 Å². The lowest BCUT2D eigenvalue weighted by Crippen LogP contribution is -2.40. The molecule has 166 valence electrons. The second-order valence-corrected chi connectivity index (χ2v) is 9.60. The third-order valence-electron chi connectivity index (χ3n) is 4.09. The number of carbonyl (C=O) groups is 1. The number of benzene rings is 1. The van der Waals surface area contributed by atoms with Crippen LogP contribution in [0.1, 0.15) is 43.6 Å². The van der Waals surface area contributed by atoms with Crippen LogP contribution in [-0.4, -0.2) is 41.1 Å². The molecular weight excluding hydrogens is 425 g/mol. The first-order chi connectivity index (χ1) is 14.4. The van der Waals surface area contributed by atoms with Gasteiger partial charge in [-0.25, -0.2) is 27.3 Å². The van der Waals surface area contributed by atoms with Gasteiger partial charge < -0.3 is 10.1 Å². The molecule has 0 bridgehead atoms. The van der Waals surface area contributed by atoms with Gasteiger partial charge in [0.15, 0.2) is 11.5 Å². The molecule has 3 rings (SSSR count). The molecule has 1 aromatic carbocycles. The third-order valence-corrected chi connectivity index (χ3v) is 5.84. The van der Waals surface area contributed by atoms with Crippen LogP contribution in [0.15, 0.2) is 35.5 Å². The van der Waals surface area contributed by atoms with E-state index in [1.807, 2.05) is 0 Å². The van der Waals surface area contributed by atoms with E-state index in [0.29, 0.717) is 0 Å². The van der Waals surface area contributed by atoms with Crippen molar-refractivity contribution in [3.8, 4) is 0 Å². The molecule has 2 aromatic heterocycles. The third kappa shape index (κ3) is 4.83. The molecule has 0 spiro atoms. The molecule has 0 atom stereocenters. The zero-order valence-electron chi connectivity index (χ0n) is 17.9. The summed E-state index contributed by atoms with van der Waals surface area (Å²) < 4.78 is 48.8. The second kappa shape index (κ2) is 8.23. The molecule has 0 aliphatic carbocycles. The topological polar surface area (TPSA) is 115 Å². The highest BCUT2D eigenvalue weighted by Gasteiger charge is 2.28. The number of hydrogen-bond acceptors (Lipinski definition) is 7. The molecule has 31 heavy (non-hydrogen) atoms. The van der Waals surface area contributed by atoms with Gasteiger partial charge in [-0.3, -0.25) is 0 Å². The zero-order chi connectivity index (χ0) is 23.0. The second-order valence-electron chi connectivity index (χ2n) is 7.95. The highest BCUT2D eigenvalue weighted by molar-refractivity contribution is 7.89. The number of nitrogens with one attached hydrogen (secondary N) is 2. The Balaban J connectivity index is 2.21. The summed E-state index contributed by atoms with van der Waals surface area (Å²) in [5.74, 6) is -1.23. The fraction of sp³-hybridized carbons (Fsp3) is 0.350. The van der Waals surface area contributed by atoms with Crippen molar-refractivity contribution >= 4 is 33.1 Å². The summed E-state index contributed by atoms with van der Waals surface area (Å²) in [6.45, 7) is 8.66. The molecule has 0 fully saturated rings. The van der Waals surface area contributed by atoms with Gasteiger partial charge in [0, 0.05) is 11.7 Å². The average molecular weight is 450 g/mol. The minimum absolute atomic E-state index is 0.0221. The normalized spacial score (nSPS) is 12.2. The summed E-state index contributed by atoms with van der Waals surface area (Å²) >= 11 is 0. The lowest BCUT2D eigenvalue weighted by atomic mass is 10.1. The SMILES string of the molecule is CCOC(=O)c1cnc2c(S(=O)(=O)NC(C)(C)C)cnn2c1Nc1cc(C)ccc1F. The van der Waals surface area contributed by atoms with Crippen molar-refractivity contribution in [3.05, 3.63) is 47.5 Å². The minimum Gasteiger partial charge on any atom is -0.462 e. The van der Waals surface area contributed by atoms with E-state index in [9.17, 15) is 17.6 Å². The number of hydrogen-bond donors (Lipinski definition) is 2. The van der Waals surface area contributed by atoms with E-state index in [4.69, 9.17) is 4.74 Å². The Morgan fingerprint density at radius 3 is 2.61 bits per heavy atom. The lowest BCUT2D eigenvalue weighted by molar-refractivity contribution is 0.0526. The molecule has 2 N–H and O–H groups in total. The van der Waals surface area contributed by atoms with Crippen LogP contribution in [0.2, 0.25) is 0 Å². The largest absolute Gasteiger partial charge is 0.462 e. The highest BCUT2D eigenvalue weighted by Crippen LogP contribution is 2.27. The number of aromatic nitrogens is 3. The number of fused-ring (bicyclic) bond motifs is 1. The number of rotatable bonds is 6. The van der Waals surface area contributed by atoms with Crippen LogP contribution >= 0.6 is 0 Å². The van der Waals surface area contributed by atoms with Crippen molar-refractivity contribution in [2.24, 2.45) is 0 Å². The quantitative estimate of drug-likeness (QED) is 0.556. The first kappa shape index (κ1) is 22.6. The summed E-state index contributed by atoms with van der Waals surface area (Å²) in [4.78, 5) is 16.4. The number of ether oxygens (including phenoxy) is 1. The van der Waals surface area contributed by atoms with Crippen molar-refractivity contribution in [2.75, 3.05) is 11.9 Å². The Morgan fingerprint density at radius 2 is 1.97 bits per heavy atom. The van der Waals surface area contributed by atoms with E-state index in [-0.39, 0.29) is 34.2 Å². The van der Waals surface area contributed by atoms with Gasteiger partial charge in [0.05, 0.1) is 18.5 Å². The summed E-state index contributed by atoms with van der Waals surface area (Å²) in [5, 5.41) is 6.96. The van der Waals surface area contributed by atoms with Gasteiger partial charge in [-0.1, -0.05) is 6.07 Å². The Bertz CT molecular complexity index is 1250. The maximum atomic E-state index is 14.4. The van der Waals surface area contributed by atoms with Gasteiger partial charge >= 0.3 is 5.97 Å². The Kier molecular flexibility index (Phi) is 6.01. The van der Waals surface area contributed by atoms with Crippen LogP contribution in [0, 0.1) is 12.7 Å². The van der Waals surface area contributed by atoms with E-state index in [1.54, 1.807) is 46.8 Å². The molecule has 3 aromatic rings. The Morgan fingerprint density at radius 1 is 1.26 bits per heavy atom. The number of nitrogens with zero attached hydrogens (tertiary/aromatic N) is 3. The molecular formula is C20H24FN5O4S. The van der Waals surface area contributed by atoms with Gasteiger partial charge in [-0.15, -0.1) is 0 Å². The van der Waals surface area contributed by atoms with Crippen molar-refractivity contribution in [2.45, 2.75) is 45.1 Å². The Labute approximate surface area is 179 Å². The maximum absolute atomic E-state index is 14.4. The number of sulfonamides is 1. The lowest BCUT2D eigenvalue weighted by Gasteiger charge is -2.19. The fourth-order valence-corrected chi connectivity index (χ4v) is 4.38. The van der Waals surface area contributed by atoms with Gasteiger partial charge in [0.25, 0.3) is 0 Å². The first-order valence-corrected chi connectivity index (χ1v) is 11.0. The van der Waals surface area contributed by atoms with Crippen molar-refractivity contribution < 1.29 is 22.3 Å². The molecule has 0 unspecified atom stereocenters. The number of halogens is 1. The number of aryl methyl sites for hydroxylation is 1. The van der Waals surface area contributed by atoms with Crippen molar-refractivity contribution in [1.29, 1.82) is 0 Å². The van der Waals surface area contributed by atoms with E-state index in [0.717, 1.165) is 16.3 Å². The smallest absolute Gasteiger partial charge is 0.343 e. The fourth-order valence-electron chi connectivity index (χ4n) is 2.90. The summed E-state index contributed by atoms with van der Waals surface area (Å²) in [5.41, 5.74) is 0.0891. The molecule has 0 radical (unpaired) electrons. The van der Waals surface area contributed by atoms with Crippen LogP contribution in [0.25, 0.3) is 5.65 Å². The average Bonchev–Trinajstić information content (AvgIpc) is 3.08. The van der Waals surface area contributed by atoms with Crippen LogP contribution in [-0.2, 0) is 14.8 Å². The monoisotopic (exact) mass is 449 g/mol. The van der Waals surface area contributed by atoms with E-state index >= 15 is 0 Å². The Hall–Kier alpha value is -3.05. The molecule has 0 saturated heterocycles. The van der Waals surface area contributed by atoms with Crippen LogP contribution < -0.4 is 10.0 Å². The van der Waals surface area contributed by atoms with Crippen molar-refractivity contribution in [3.63, 3.8) is 0 Å².